The molecule has 2 aromatic rings. The van der Waals surface area contributed by atoms with Crippen LogP contribution < -0.4 is 0 Å². The SMILES string of the molecule is CC(C)CC(=O)N(Cc1nccn1Cc1cccc(C(F)(F)F)c1)CC1CC1. The topological polar surface area (TPSA) is 38.1 Å². The van der Waals surface area contributed by atoms with E-state index >= 15 is 0 Å². The van der Waals surface area contributed by atoms with Gasteiger partial charge < -0.3 is 9.47 Å². The van der Waals surface area contributed by atoms with Crippen molar-refractivity contribution in [3.05, 3.63) is 53.6 Å². The van der Waals surface area contributed by atoms with Crippen LogP contribution in [0.4, 0.5) is 13.2 Å². The Morgan fingerprint density at radius 2 is 2.07 bits per heavy atom. The fraction of sp³-hybridized carbons (Fsp3) is 0.524. The minimum absolute atomic E-state index is 0.107. The van der Waals surface area contributed by atoms with Crippen molar-refractivity contribution in [2.75, 3.05) is 6.54 Å². The van der Waals surface area contributed by atoms with E-state index in [0.29, 0.717) is 30.3 Å². The summed E-state index contributed by atoms with van der Waals surface area (Å²) in [6.45, 7) is 5.43. The number of hydrogen-bond acceptors (Lipinski definition) is 2. The molecule has 0 saturated heterocycles. The van der Waals surface area contributed by atoms with Crippen molar-refractivity contribution in [3.63, 3.8) is 0 Å². The molecule has 7 heteroatoms. The van der Waals surface area contributed by atoms with E-state index in [1.807, 2.05) is 23.3 Å². The predicted octanol–water partition coefficient (Wildman–Crippen LogP) is 4.73. The molecule has 0 unspecified atom stereocenters. The number of aromatic nitrogens is 2. The smallest absolute Gasteiger partial charge is 0.335 e. The molecule has 1 aromatic heterocycles. The molecule has 0 atom stereocenters. The lowest BCUT2D eigenvalue weighted by Gasteiger charge is -2.24. The van der Waals surface area contributed by atoms with E-state index in [2.05, 4.69) is 4.98 Å². The van der Waals surface area contributed by atoms with Gasteiger partial charge in [-0.1, -0.05) is 26.0 Å². The molecule has 3 rings (SSSR count). The summed E-state index contributed by atoms with van der Waals surface area (Å²) in [6, 6.07) is 5.32. The van der Waals surface area contributed by atoms with E-state index in [-0.39, 0.29) is 18.4 Å². The van der Waals surface area contributed by atoms with E-state index in [1.54, 1.807) is 18.5 Å². The lowest BCUT2D eigenvalue weighted by atomic mass is 10.1. The van der Waals surface area contributed by atoms with Crippen LogP contribution in [0.2, 0.25) is 0 Å². The number of carbonyl (C=O) groups is 1. The number of nitrogens with zero attached hydrogens (tertiary/aromatic N) is 3. The zero-order valence-electron chi connectivity index (χ0n) is 16.2. The maximum Gasteiger partial charge on any atom is 0.416 e. The number of amides is 1. The summed E-state index contributed by atoms with van der Waals surface area (Å²) in [5, 5.41) is 0. The van der Waals surface area contributed by atoms with Crippen molar-refractivity contribution < 1.29 is 18.0 Å². The molecule has 0 N–H and O–H groups in total. The second-order valence-electron chi connectivity index (χ2n) is 7.99. The second kappa shape index (κ2) is 8.37. The third-order valence-corrected chi connectivity index (χ3v) is 4.85. The summed E-state index contributed by atoms with van der Waals surface area (Å²) in [5.41, 5.74) is -0.106. The van der Waals surface area contributed by atoms with E-state index in [9.17, 15) is 18.0 Å². The Bertz CT molecular complexity index is 809. The maximum atomic E-state index is 13.0. The Morgan fingerprint density at radius 3 is 2.71 bits per heavy atom. The molecule has 4 nitrogen and oxygen atoms in total. The highest BCUT2D eigenvalue weighted by atomic mass is 19.4. The van der Waals surface area contributed by atoms with Crippen LogP contribution in [0.3, 0.4) is 0 Å². The quantitative estimate of drug-likeness (QED) is 0.650. The average Bonchev–Trinajstić information content (AvgIpc) is 3.32. The second-order valence-corrected chi connectivity index (χ2v) is 7.99. The molecule has 28 heavy (non-hydrogen) atoms. The van der Waals surface area contributed by atoms with Crippen molar-refractivity contribution in [1.29, 1.82) is 0 Å². The minimum Gasteiger partial charge on any atom is -0.335 e. The fourth-order valence-corrected chi connectivity index (χ4v) is 3.19. The molecular formula is C21H26F3N3O. The van der Waals surface area contributed by atoms with Gasteiger partial charge in [0.1, 0.15) is 5.82 Å². The maximum absolute atomic E-state index is 13.0. The molecule has 1 saturated carbocycles. The molecule has 1 fully saturated rings. The lowest BCUT2D eigenvalue weighted by Crippen LogP contribution is -2.34. The lowest BCUT2D eigenvalue weighted by molar-refractivity contribution is -0.137. The highest BCUT2D eigenvalue weighted by molar-refractivity contribution is 5.76. The zero-order chi connectivity index (χ0) is 20.3. The Labute approximate surface area is 163 Å². The standard InChI is InChI=1S/C21H26F3N3O/c1-15(2)10-20(28)27(12-16-6-7-16)14-19-25-8-9-26(19)13-17-4-3-5-18(11-17)21(22,23)24/h3-5,8-9,11,15-16H,6-7,10,12-14H2,1-2H3. The molecule has 0 aliphatic heterocycles. The highest BCUT2D eigenvalue weighted by Crippen LogP contribution is 2.31. The first-order valence-electron chi connectivity index (χ1n) is 9.66. The van der Waals surface area contributed by atoms with E-state index < -0.39 is 11.7 Å². The zero-order valence-corrected chi connectivity index (χ0v) is 16.2. The number of alkyl halides is 3. The summed E-state index contributed by atoms with van der Waals surface area (Å²) in [5.74, 6) is 1.63. The van der Waals surface area contributed by atoms with Gasteiger partial charge in [0, 0.05) is 31.9 Å². The number of imidazole rings is 1. The molecule has 0 spiro atoms. The van der Waals surface area contributed by atoms with Crippen LogP contribution in [-0.4, -0.2) is 26.9 Å². The van der Waals surface area contributed by atoms with Gasteiger partial charge in [-0.15, -0.1) is 0 Å². The predicted molar refractivity (Wildman–Crippen MR) is 100 cm³/mol. The highest BCUT2D eigenvalue weighted by Gasteiger charge is 2.30. The molecule has 0 bridgehead atoms. The fourth-order valence-electron chi connectivity index (χ4n) is 3.19. The van der Waals surface area contributed by atoms with Crippen LogP contribution in [0.5, 0.6) is 0 Å². The third kappa shape index (κ3) is 5.59. The van der Waals surface area contributed by atoms with Gasteiger partial charge in [0.05, 0.1) is 12.1 Å². The Hall–Kier alpha value is -2.31. The van der Waals surface area contributed by atoms with Crippen LogP contribution in [0.1, 0.15) is 50.1 Å². The number of rotatable bonds is 8. The summed E-state index contributed by atoms with van der Waals surface area (Å²) < 4.78 is 40.7. The summed E-state index contributed by atoms with van der Waals surface area (Å²) >= 11 is 0. The van der Waals surface area contributed by atoms with Gasteiger partial charge in [-0.3, -0.25) is 4.79 Å². The molecule has 1 heterocycles. The first-order valence-corrected chi connectivity index (χ1v) is 9.66. The minimum atomic E-state index is -4.36. The van der Waals surface area contributed by atoms with E-state index in [4.69, 9.17) is 0 Å². The van der Waals surface area contributed by atoms with Crippen molar-refractivity contribution in [2.45, 2.75) is 52.4 Å². The monoisotopic (exact) mass is 393 g/mol. The van der Waals surface area contributed by atoms with Gasteiger partial charge >= 0.3 is 6.18 Å². The summed E-state index contributed by atoms with van der Waals surface area (Å²) in [4.78, 5) is 18.8. The Kier molecular flexibility index (Phi) is 6.10. The molecule has 1 aliphatic rings. The molecule has 1 aliphatic carbocycles. The Balaban J connectivity index is 1.74. The van der Waals surface area contributed by atoms with Gasteiger partial charge in [0.15, 0.2) is 0 Å². The molecule has 1 aromatic carbocycles. The average molecular weight is 393 g/mol. The molecule has 1 amide bonds. The van der Waals surface area contributed by atoms with Crippen molar-refractivity contribution in [2.24, 2.45) is 11.8 Å². The Morgan fingerprint density at radius 1 is 1.32 bits per heavy atom. The normalized spacial score (nSPS) is 14.5. The first-order chi connectivity index (χ1) is 13.2. The van der Waals surface area contributed by atoms with Crippen molar-refractivity contribution in [3.8, 4) is 0 Å². The van der Waals surface area contributed by atoms with E-state index in [1.165, 1.54) is 6.07 Å². The van der Waals surface area contributed by atoms with Crippen LogP contribution in [0.25, 0.3) is 0 Å². The first kappa shape index (κ1) is 20.4. The van der Waals surface area contributed by atoms with Crippen LogP contribution in [0.15, 0.2) is 36.7 Å². The van der Waals surface area contributed by atoms with Gasteiger partial charge in [0.25, 0.3) is 0 Å². The van der Waals surface area contributed by atoms with Gasteiger partial charge in [-0.2, -0.15) is 13.2 Å². The van der Waals surface area contributed by atoms with Crippen molar-refractivity contribution in [1.82, 2.24) is 14.5 Å². The van der Waals surface area contributed by atoms with Crippen LogP contribution in [0, 0.1) is 11.8 Å². The van der Waals surface area contributed by atoms with Gasteiger partial charge in [-0.05, 0) is 42.4 Å². The van der Waals surface area contributed by atoms with Gasteiger partial charge in [-0.25, -0.2) is 4.98 Å². The van der Waals surface area contributed by atoms with Gasteiger partial charge in [0.2, 0.25) is 5.91 Å². The largest absolute Gasteiger partial charge is 0.416 e. The molecule has 0 radical (unpaired) electrons. The number of carbonyl (C=O) groups excluding carboxylic acids is 1. The number of benzene rings is 1. The number of halogens is 3. The molecule has 152 valence electrons. The number of hydrogen-bond donors (Lipinski definition) is 0. The van der Waals surface area contributed by atoms with E-state index in [0.717, 1.165) is 31.5 Å². The van der Waals surface area contributed by atoms with Crippen LogP contribution in [-0.2, 0) is 24.1 Å². The summed E-state index contributed by atoms with van der Waals surface area (Å²) in [7, 11) is 0. The molecular weight excluding hydrogens is 367 g/mol. The van der Waals surface area contributed by atoms with Crippen LogP contribution >= 0.6 is 0 Å². The van der Waals surface area contributed by atoms with Crippen molar-refractivity contribution >= 4 is 5.91 Å². The summed E-state index contributed by atoms with van der Waals surface area (Å²) in [6.07, 6.45) is 1.79. The third-order valence-electron chi connectivity index (χ3n) is 4.85.